The summed E-state index contributed by atoms with van der Waals surface area (Å²) in [5.74, 6) is 0.855. The van der Waals surface area contributed by atoms with E-state index in [0.29, 0.717) is 5.92 Å². The highest BCUT2D eigenvalue weighted by Crippen LogP contribution is 2.24. The number of aryl methyl sites for hydroxylation is 1. The summed E-state index contributed by atoms with van der Waals surface area (Å²) in [6.07, 6.45) is 0. The van der Waals surface area contributed by atoms with E-state index >= 15 is 0 Å². The summed E-state index contributed by atoms with van der Waals surface area (Å²) in [4.78, 5) is 14.7. The minimum absolute atomic E-state index is 0.203. The molecule has 1 aliphatic heterocycles. The van der Waals surface area contributed by atoms with Crippen molar-refractivity contribution in [1.82, 2.24) is 4.90 Å². The fraction of sp³-hybridized carbons (Fsp3) is 0.500. The number of alkyl halides is 1. The minimum Gasteiger partial charge on any atom is -0.337 e. The van der Waals surface area contributed by atoms with Gasteiger partial charge in [-0.3, -0.25) is 4.79 Å². The van der Waals surface area contributed by atoms with Crippen LogP contribution in [-0.2, 0) is 0 Å². The molecule has 2 heterocycles. The molecule has 0 unspecified atom stereocenters. The normalized spacial score (nSPS) is 16.9. The number of nitrogens with zero attached hydrogens (tertiary/aromatic N) is 1. The maximum atomic E-state index is 11.9. The van der Waals surface area contributed by atoms with Crippen LogP contribution >= 0.6 is 27.3 Å². The number of rotatable bonds is 2. The van der Waals surface area contributed by atoms with Gasteiger partial charge in [0.25, 0.3) is 5.91 Å². The molecule has 1 saturated heterocycles. The molecule has 1 aromatic heterocycles. The average molecular weight is 274 g/mol. The van der Waals surface area contributed by atoms with Crippen LogP contribution in [0.1, 0.15) is 15.2 Å². The molecule has 2 nitrogen and oxygen atoms in total. The van der Waals surface area contributed by atoms with Crippen molar-refractivity contribution in [2.45, 2.75) is 6.92 Å². The largest absolute Gasteiger partial charge is 0.337 e. The van der Waals surface area contributed by atoms with Crippen molar-refractivity contribution in [3.05, 3.63) is 21.9 Å². The van der Waals surface area contributed by atoms with Crippen LogP contribution in [0.25, 0.3) is 0 Å². The van der Waals surface area contributed by atoms with Crippen molar-refractivity contribution in [3.63, 3.8) is 0 Å². The van der Waals surface area contributed by atoms with Crippen LogP contribution < -0.4 is 0 Å². The Morgan fingerprint density at radius 3 is 2.93 bits per heavy atom. The lowest BCUT2D eigenvalue weighted by molar-refractivity contribution is 0.0543. The van der Waals surface area contributed by atoms with Crippen molar-refractivity contribution in [2.75, 3.05) is 18.4 Å². The number of carbonyl (C=O) groups is 1. The molecule has 1 aliphatic rings. The third kappa shape index (κ3) is 1.73. The van der Waals surface area contributed by atoms with Gasteiger partial charge in [-0.25, -0.2) is 0 Å². The van der Waals surface area contributed by atoms with Gasteiger partial charge in [-0.2, -0.15) is 0 Å². The molecule has 2 rings (SSSR count). The fourth-order valence-electron chi connectivity index (χ4n) is 1.57. The van der Waals surface area contributed by atoms with Gasteiger partial charge in [0.2, 0.25) is 0 Å². The second-order valence-corrected chi connectivity index (χ2v) is 5.23. The van der Waals surface area contributed by atoms with E-state index in [0.717, 1.165) is 28.9 Å². The summed E-state index contributed by atoms with van der Waals surface area (Å²) in [6, 6.07) is 2.00. The first-order valence-electron chi connectivity index (χ1n) is 4.61. The molecular formula is C10H12BrNOS. The molecule has 0 atom stereocenters. The smallest absolute Gasteiger partial charge is 0.264 e. The van der Waals surface area contributed by atoms with E-state index in [1.54, 1.807) is 11.3 Å². The molecule has 0 aromatic carbocycles. The predicted molar refractivity (Wildman–Crippen MR) is 62.2 cm³/mol. The Bertz CT molecular complexity index is 344. The summed E-state index contributed by atoms with van der Waals surface area (Å²) < 4.78 is 0. The molecule has 1 fully saturated rings. The zero-order valence-electron chi connectivity index (χ0n) is 8.00. The Balaban J connectivity index is 2.01. The van der Waals surface area contributed by atoms with Crippen LogP contribution in [0.5, 0.6) is 0 Å². The Morgan fingerprint density at radius 2 is 2.43 bits per heavy atom. The summed E-state index contributed by atoms with van der Waals surface area (Å²) >= 11 is 4.97. The average Bonchev–Trinajstić information content (AvgIpc) is 2.49. The number of halogens is 1. The number of thiophene rings is 1. The molecular weight excluding hydrogens is 262 g/mol. The quantitative estimate of drug-likeness (QED) is 0.759. The topological polar surface area (TPSA) is 20.3 Å². The van der Waals surface area contributed by atoms with E-state index in [1.807, 2.05) is 23.3 Å². The van der Waals surface area contributed by atoms with Crippen LogP contribution in [-0.4, -0.2) is 29.2 Å². The Kier molecular flexibility index (Phi) is 2.93. The van der Waals surface area contributed by atoms with Crippen molar-refractivity contribution >= 4 is 33.2 Å². The van der Waals surface area contributed by atoms with Crippen LogP contribution in [0.4, 0.5) is 0 Å². The van der Waals surface area contributed by atoms with Crippen LogP contribution in [0.2, 0.25) is 0 Å². The van der Waals surface area contributed by atoms with E-state index in [1.165, 1.54) is 0 Å². The van der Waals surface area contributed by atoms with Gasteiger partial charge in [-0.05, 0) is 23.9 Å². The zero-order chi connectivity index (χ0) is 10.1. The standard InChI is InChI=1S/C10H12BrNOS/c1-7-2-3-14-9(7)10(13)12-5-8(4-11)6-12/h2-3,8H,4-6H2,1H3. The SMILES string of the molecule is Cc1ccsc1C(=O)N1CC(CBr)C1. The van der Waals surface area contributed by atoms with Gasteiger partial charge in [-0.1, -0.05) is 15.9 Å². The lowest BCUT2D eigenvalue weighted by atomic mass is 10.0. The summed E-state index contributed by atoms with van der Waals surface area (Å²) in [5, 5.41) is 2.98. The first-order chi connectivity index (χ1) is 6.72. The molecule has 0 aliphatic carbocycles. The number of carbonyl (C=O) groups excluding carboxylic acids is 1. The first-order valence-corrected chi connectivity index (χ1v) is 6.62. The van der Waals surface area contributed by atoms with Gasteiger partial charge in [0.05, 0.1) is 4.88 Å². The fourth-order valence-corrected chi connectivity index (χ4v) is 2.87. The number of hydrogen-bond donors (Lipinski definition) is 0. The third-order valence-corrected chi connectivity index (χ3v) is 4.44. The zero-order valence-corrected chi connectivity index (χ0v) is 10.4. The van der Waals surface area contributed by atoms with E-state index in [-0.39, 0.29) is 5.91 Å². The number of amides is 1. The highest BCUT2D eigenvalue weighted by Gasteiger charge is 2.31. The van der Waals surface area contributed by atoms with Gasteiger partial charge >= 0.3 is 0 Å². The van der Waals surface area contributed by atoms with E-state index < -0.39 is 0 Å². The van der Waals surface area contributed by atoms with Crippen molar-refractivity contribution in [3.8, 4) is 0 Å². The van der Waals surface area contributed by atoms with Crippen molar-refractivity contribution in [1.29, 1.82) is 0 Å². The molecule has 0 N–H and O–H groups in total. The van der Waals surface area contributed by atoms with Gasteiger partial charge in [0.15, 0.2) is 0 Å². The second kappa shape index (κ2) is 4.03. The molecule has 14 heavy (non-hydrogen) atoms. The predicted octanol–water partition coefficient (Wildman–Crippen LogP) is 2.52. The van der Waals surface area contributed by atoms with Crippen molar-refractivity contribution < 1.29 is 4.79 Å². The first kappa shape index (κ1) is 10.2. The Labute approximate surface area is 96.0 Å². The maximum absolute atomic E-state index is 11.9. The monoisotopic (exact) mass is 273 g/mol. The van der Waals surface area contributed by atoms with E-state index in [2.05, 4.69) is 15.9 Å². The Hall–Kier alpha value is -0.350. The molecule has 0 spiro atoms. The lowest BCUT2D eigenvalue weighted by Gasteiger charge is -2.38. The van der Waals surface area contributed by atoms with Crippen LogP contribution in [0.15, 0.2) is 11.4 Å². The van der Waals surface area contributed by atoms with Crippen LogP contribution in [0, 0.1) is 12.8 Å². The molecule has 1 aromatic rings. The van der Waals surface area contributed by atoms with Crippen LogP contribution in [0.3, 0.4) is 0 Å². The minimum atomic E-state index is 0.203. The molecule has 1 amide bonds. The summed E-state index contributed by atoms with van der Waals surface area (Å²) in [7, 11) is 0. The third-order valence-electron chi connectivity index (χ3n) is 2.52. The second-order valence-electron chi connectivity index (χ2n) is 3.66. The highest BCUT2D eigenvalue weighted by atomic mass is 79.9. The van der Waals surface area contributed by atoms with Gasteiger partial charge < -0.3 is 4.90 Å². The van der Waals surface area contributed by atoms with E-state index in [4.69, 9.17) is 0 Å². The summed E-state index contributed by atoms with van der Waals surface area (Å²) in [5.41, 5.74) is 1.10. The number of likely N-dealkylation sites (tertiary alicyclic amines) is 1. The van der Waals surface area contributed by atoms with Gasteiger partial charge in [0.1, 0.15) is 0 Å². The van der Waals surface area contributed by atoms with Crippen molar-refractivity contribution in [2.24, 2.45) is 5.92 Å². The lowest BCUT2D eigenvalue weighted by Crippen LogP contribution is -2.50. The molecule has 0 bridgehead atoms. The molecule has 0 radical (unpaired) electrons. The molecule has 76 valence electrons. The Morgan fingerprint density at radius 1 is 1.71 bits per heavy atom. The number of hydrogen-bond acceptors (Lipinski definition) is 2. The highest BCUT2D eigenvalue weighted by molar-refractivity contribution is 9.09. The van der Waals surface area contributed by atoms with E-state index in [9.17, 15) is 4.79 Å². The summed E-state index contributed by atoms with van der Waals surface area (Å²) in [6.45, 7) is 3.80. The van der Waals surface area contributed by atoms with Gasteiger partial charge in [-0.15, -0.1) is 11.3 Å². The molecule has 4 heteroatoms. The van der Waals surface area contributed by atoms with Gasteiger partial charge in [0, 0.05) is 24.3 Å². The molecule has 0 saturated carbocycles. The maximum Gasteiger partial charge on any atom is 0.264 e.